The summed E-state index contributed by atoms with van der Waals surface area (Å²) in [5.74, 6) is -0.983. The topological polar surface area (TPSA) is 149 Å². The predicted octanol–water partition coefficient (Wildman–Crippen LogP) is 10.2. The molecule has 0 aromatic carbocycles. The van der Waals surface area contributed by atoms with Crippen LogP contribution in [0.1, 0.15) is 162 Å². The van der Waals surface area contributed by atoms with E-state index < -0.39 is 51.8 Å². The van der Waals surface area contributed by atoms with Gasteiger partial charge in [0, 0.05) is 12.8 Å². The van der Waals surface area contributed by atoms with E-state index in [4.69, 9.17) is 19.1 Å². The van der Waals surface area contributed by atoms with E-state index in [-0.39, 0.29) is 19.4 Å². The molecule has 0 rings (SSSR count). The van der Waals surface area contributed by atoms with Crippen LogP contribution in [0.5, 0.6) is 0 Å². The molecule has 11 heteroatoms. The minimum absolute atomic E-state index is 0.160. The number of allylic oxidation sites excluding steroid dienone is 8. The highest BCUT2D eigenvalue weighted by Gasteiger charge is 2.27. The van der Waals surface area contributed by atoms with Gasteiger partial charge in [0.2, 0.25) is 0 Å². The summed E-state index contributed by atoms with van der Waals surface area (Å²) >= 11 is 0. The Morgan fingerprint density at radius 3 is 1.58 bits per heavy atom. The highest BCUT2D eigenvalue weighted by molar-refractivity contribution is 7.47. The summed E-state index contributed by atoms with van der Waals surface area (Å²) in [4.78, 5) is 34.9. The van der Waals surface area contributed by atoms with Crippen molar-refractivity contribution < 1.29 is 47.8 Å². The number of hydrogen-bond donors (Lipinski definition) is 3. The third kappa shape index (κ3) is 36.3. The number of phosphoric ester groups is 1. The Hall–Kier alpha value is -2.07. The first-order chi connectivity index (χ1) is 25.2. The Bertz CT molecular complexity index is 1010. The highest BCUT2D eigenvalue weighted by Crippen LogP contribution is 2.43. The number of hydrogen-bond acceptors (Lipinski definition) is 9. The zero-order chi connectivity index (χ0) is 38.4. The van der Waals surface area contributed by atoms with Crippen LogP contribution in [0.3, 0.4) is 0 Å². The molecule has 0 aliphatic heterocycles. The van der Waals surface area contributed by atoms with Crippen molar-refractivity contribution in [2.45, 2.75) is 174 Å². The van der Waals surface area contributed by atoms with Crippen LogP contribution in [-0.4, -0.2) is 65.7 Å². The SMILES string of the molecule is CCCC/C=C/C/C=C/CCCCCCCC(=O)O[C@H](COC(=O)CCCC/C=C/C/C=C/CCCCCCCC)COP(=O)(O)OC[C@@H](O)CO. The Kier molecular flexibility index (Phi) is 35.8. The number of phosphoric acid groups is 1. The molecular formula is C41H73O10P. The summed E-state index contributed by atoms with van der Waals surface area (Å²) in [5.41, 5.74) is 0. The number of aliphatic hydroxyl groups is 2. The largest absolute Gasteiger partial charge is 0.472 e. The molecule has 3 atom stereocenters. The van der Waals surface area contributed by atoms with Crippen molar-refractivity contribution in [3.63, 3.8) is 0 Å². The van der Waals surface area contributed by atoms with E-state index in [1.165, 1.54) is 51.4 Å². The molecule has 0 spiro atoms. The van der Waals surface area contributed by atoms with Crippen molar-refractivity contribution >= 4 is 19.8 Å². The molecule has 0 aromatic heterocycles. The molecule has 0 aromatic rings. The van der Waals surface area contributed by atoms with Gasteiger partial charge in [-0.05, 0) is 70.6 Å². The second-order valence-corrected chi connectivity index (χ2v) is 14.8. The average molecular weight is 757 g/mol. The number of ether oxygens (including phenoxy) is 2. The van der Waals surface area contributed by atoms with Gasteiger partial charge in [-0.3, -0.25) is 18.6 Å². The summed E-state index contributed by atoms with van der Waals surface area (Å²) in [6.45, 7) is 2.26. The fourth-order valence-corrected chi connectivity index (χ4v) is 5.83. The van der Waals surface area contributed by atoms with E-state index in [1.54, 1.807) is 0 Å². The van der Waals surface area contributed by atoms with Crippen molar-refractivity contribution in [3.05, 3.63) is 48.6 Å². The van der Waals surface area contributed by atoms with Gasteiger partial charge in [0.25, 0.3) is 0 Å². The summed E-state index contributed by atoms with van der Waals surface area (Å²) in [7, 11) is -4.62. The van der Waals surface area contributed by atoms with Gasteiger partial charge in [-0.15, -0.1) is 0 Å². The van der Waals surface area contributed by atoms with Crippen molar-refractivity contribution in [1.82, 2.24) is 0 Å². The highest BCUT2D eigenvalue weighted by atomic mass is 31.2. The Morgan fingerprint density at radius 1 is 0.577 bits per heavy atom. The van der Waals surface area contributed by atoms with Crippen LogP contribution in [0.2, 0.25) is 0 Å². The third-order valence-electron chi connectivity index (χ3n) is 8.21. The lowest BCUT2D eigenvalue weighted by atomic mass is 10.1. The Balaban J connectivity index is 4.43. The van der Waals surface area contributed by atoms with Crippen molar-refractivity contribution in [1.29, 1.82) is 0 Å². The maximum absolute atomic E-state index is 12.6. The summed E-state index contributed by atoms with van der Waals surface area (Å²) in [6.07, 6.45) is 37.9. The molecule has 302 valence electrons. The summed E-state index contributed by atoms with van der Waals surface area (Å²) in [6, 6.07) is 0. The Morgan fingerprint density at radius 2 is 1.02 bits per heavy atom. The molecule has 0 aliphatic rings. The van der Waals surface area contributed by atoms with Crippen LogP contribution in [0, 0.1) is 0 Å². The molecule has 0 heterocycles. The molecule has 0 saturated carbocycles. The van der Waals surface area contributed by atoms with Crippen LogP contribution in [-0.2, 0) is 32.7 Å². The van der Waals surface area contributed by atoms with E-state index in [2.05, 4.69) is 67.0 Å². The first kappa shape index (κ1) is 49.9. The van der Waals surface area contributed by atoms with E-state index in [9.17, 15) is 24.2 Å². The van der Waals surface area contributed by atoms with E-state index in [1.807, 2.05) is 0 Å². The lowest BCUT2D eigenvalue weighted by molar-refractivity contribution is -0.161. The second kappa shape index (κ2) is 37.3. The van der Waals surface area contributed by atoms with Gasteiger partial charge in [0.15, 0.2) is 6.10 Å². The first-order valence-corrected chi connectivity index (χ1v) is 21.6. The molecule has 0 saturated heterocycles. The van der Waals surface area contributed by atoms with Crippen LogP contribution in [0.25, 0.3) is 0 Å². The number of aliphatic hydroxyl groups excluding tert-OH is 2. The lowest BCUT2D eigenvalue weighted by Crippen LogP contribution is -2.29. The zero-order valence-electron chi connectivity index (χ0n) is 32.5. The van der Waals surface area contributed by atoms with Gasteiger partial charge in [-0.2, -0.15) is 0 Å². The van der Waals surface area contributed by atoms with Gasteiger partial charge in [-0.25, -0.2) is 4.57 Å². The van der Waals surface area contributed by atoms with Gasteiger partial charge < -0.3 is 24.6 Å². The van der Waals surface area contributed by atoms with Gasteiger partial charge >= 0.3 is 19.8 Å². The minimum atomic E-state index is -4.62. The zero-order valence-corrected chi connectivity index (χ0v) is 33.4. The van der Waals surface area contributed by atoms with E-state index >= 15 is 0 Å². The molecule has 0 radical (unpaired) electrons. The normalized spacial score (nSPS) is 14.5. The molecule has 3 N–H and O–H groups in total. The number of carbonyl (C=O) groups excluding carboxylic acids is 2. The van der Waals surface area contributed by atoms with E-state index in [0.29, 0.717) is 12.8 Å². The average Bonchev–Trinajstić information content (AvgIpc) is 3.13. The molecule has 0 amide bonds. The van der Waals surface area contributed by atoms with Crippen LogP contribution in [0.15, 0.2) is 48.6 Å². The van der Waals surface area contributed by atoms with Gasteiger partial charge in [0.1, 0.15) is 12.7 Å². The standard InChI is InChI=1S/C41H73O10P/c1-3-5-7-9-11-13-15-17-19-21-22-24-26-28-30-32-40(44)48-36-39(37-50-52(46,47)49-35-38(43)34-42)51-41(45)33-31-29-27-25-23-20-18-16-14-12-10-8-6-4-2/h10,12,16-19,22,24,38-39,42-43H,3-9,11,13-15,20-21,23,25-37H2,1-2H3,(H,46,47)/b12-10+,18-16+,19-17+,24-22+/t38-,39+/m0/s1. The molecule has 0 bridgehead atoms. The molecular weight excluding hydrogens is 683 g/mol. The first-order valence-electron chi connectivity index (χ1n) is 20.1. The number of rotatable bonds is 37. The number of carbonyl (C=O) groups is 2. The van der Waals surface area contributed by atoms with Crippen molar-refractivity contribution in [2.24, 2.45) is 0 Å². The second-order valence-electron chi connectivity index (χ2n) is 13.3. The van der Waals surface area contributed by atoms with Crippen molar-refractivity contribution in [3.8, 4) is 0 Å². The third-order valence-corrected chi connectivity index (χ3v) is 9.16. The van der Waals surface area contributed by atoms with Crippen LogP contribution < -0.4 is 0 Å². The Labute approximate surface area is 315 Å². The number of unbranched alkanes of at least 4 members (excludes halogenated alkanes) is 15. The fourth-order valence-electron chi connectivity index (χ4n) is 5.04. The van der Waals surface area contributed by atoms with E-state index in [0.717, 1.165) is 70.6 Å². The molecule has 10 nitrogen and oxygen atoms in total. The maximum atomic E-state index is 12.6. The number of esters is 2. The lowest BCUT2D eigenvalue weighted by Gasteiger charge is -2.20. The maximum Gasteiger partial charge on any atom is 0.472 e. The van der Waals surface area contributed by atoms with Gasteiger partial charge in [-0.1, -0.05) is 127 Å². The monoisotopic (exact) mass is 756 g/mol. The van der Waals surface area contributed by atoms with Crippen molar-refractivity contribution in [2.75, 3.05) is 26.4 Å². The smallest absolute Gasteiger partial charge is 0.462 e. The quantitative estimate of drug-likeness (QED) is 0.0242. The minimum Gasteiger partial charge on any atom is -0.462 e. The predicted molar refractivity (Wildman–Crippen MR) is 210 cm³/mol. The van der Waals surface area contributed by atoms with Crippen LogP contribution >= 0.6 is 7.82 Å². The molecule has 1 unspecified atom stereocenters. The fraction of sp³-hybridized carbons (Fsp3) is 0.756. The molecule has 0 fully saturated rings. The van der Waals surface area contributed by atoms with Gasteiger partial charge in [0.05, 0.1) is 19.8 Å². The molecule has 0 aliphatic carbocycles. The van der Waals surface area contributed by atoms with Crippen LogP contribution in [0.4, 0.5) is 0 Å². The summed E-state index contributed by atoms with van der Waals surface area (Å²) < 4.78 is 32.6. The molecule has 52 heavy (non-hydrogen) atoms. The summed E-state index contributed by atoms with van der Waals surface area (Å²) in [5, 5.41) is 18.3.